The average Bonchev–Trinajstić information content (AvgIpc) is 3.34. The van der Waals surface area contributed by atoms with Gasteiger partial charge in [-0.3, -0.25) is 4.90 Å². The molecule has 2 amide bonds. The van der Waals surface area contributed by atoms with E-state index in [9.17, 15) is 4.79 Å². The van der Waals surface area contributed by atoms with Gasteiger partial charge in [0.1, 0.15) is 17.9 Å². The molecule has 3 aromatic rings. The Morgan fingerprint density at radius 3 is 2.86 bits per heavy atom. The van der Waals surface area contributed by atoms with Crippen LogP contribution >= 0.6 is 11.3 Å². The number of nitrogens with two attached hydrogens (primary N) is 1. The lowest BCUT2D eigenvalue weighted by molar-refractivity contribution is 0.0322. The number of fused-ring (bicyclic) bond motifs is 1. The van der Waals surface area contributed by atoms with Gasteiger partial charge < -0.3 is 30.3 Å². The summed E-state index contributed by atoms with van der Waals surface area (Å²) in [6.45, 7) is 10.8. The molecule has 36 heavy (non-hydrogen) atoms. The van der Waals surface area contributed by atoms with Crippen molar-refractivity contribution in [3.63, 3.8) is 0 Å². The molecule has 0 bridgehead atoms. The molecule has 12 heteroatoms. The number of benzene rings is 1. The SMILES string of the molecule is Cc1cc(OCCN2CCOCC2)ccc1NC(=O)N1CCN(c2nc(N)nc3scnc23)C(C)C1. The Morgan fingerprint density at radius 2 is 2.08 bits per heavy atom. The van der Waals surface area contributed by atoms with Gasteiger partial charge in [-0.1, -0.05) is 0 Å². The van der Waals surface area contributed by atoms with Gasteiger partial charge in [0.15, 0.2) is 10.6 Å². The molecule has 3 N–H and O–H groups in total. The molecule has 0 spiro atoms. The van der Waals surface area contributed by atoms with Crippen LogP contribution in [0.4, 0.5) is 22.2 Å². The minimum atomic E-state index is -0.119. The van der Waals surface area contributed by atoms with E-state index in [0.29, 0.717) is 26.2 Å². The number of carbonyl (C=O) groups is 1. The number of anilines is 3. The first kappa shape index (κ1) is 24.5. The van der Waals surface area contributed by atoms with Gasteiger partial charge in [0, 0.05) is 51.0 Å². The summed E-state index contributed by atoms with van der Waals surface area (Å²) in [6.07, 6.45) is 0. The minimum absolute atomic E-state index is 0.0482. The lowest BCUT2D eigenvalue weighted by Crippen LogP contribution is -2.55. The number of ether oxygens (including phenoxy) is 2. The van der Waals surface area contributed by atoms with Crippen LogP contribution in [0.1, 0.15) is 12.5 Å². The fraction of sp³-hybridized carbons (Fsp3) is 0.500. The molecule has 2 aromatic heterocycles. The van der Waals surface area contributed by atoms with Gasteiger partial charge in [0.05, 0.1) is 18.7 Å². The molecule has 2 saturated heterocycles. The number of hydrogen-bond acceptors (Lipinski definition) is 10. The standard InChI is InChI=1S/C24H32N8O3S/c1-16-13-18(35-12-9-30-7-10-34-11-8-30)3-4-19(16)27-24(33)31-5-6-32(17(2)14-31)21-20-22(36-15-26-20)29-23(25)28-21/h3-4,13,15,17H,5-12,14H2,1-2H3,(H,27,33)(H2,25,28,29). The van der Waals surface area contributed by atoms with Crippen molar-refractivity contribution in [2.75, 3.05) is 75.0 Å². The van der Waals surface area contributed by atoms with Crippen molar-refractivity contribution in [1.82, 2.24) is 24.8 Å². The topological polar surface area (TPSA) is 122 Å². The molecular formula is C24H32N8O3S. The summed E-state index contributed by atoms with van der Waals surface area (Å²) in [5.74, 6) is 1.77. The molecule has 5 rings (SSSR count). The maximum Gasteiger partial charge on any atom is 0.321 e. The predicted molar refractivity (Wildman–Crippen MR) is 141 cm³/mol. The second-order valence-electron chi connectivity index (χ2n) is 9.11. The first-order chi connectivity index (χ1) is 17.5. The molecular weight excluding hydrogens is 480 g/mol. The number of morpholine rings is 1. The first-order valence-electron chi connectivity index (χ1n) is 12.2. The van der Waals surface area contributed by atoms with Gasteiger partial charge in [-0.15, -0.1) is 11.3 Å². The quantitative estimate of drug-likeness (QED) is 0.513. The van der Waals surface area contributed by atoms with E-state index in [1.807, 2.05) is 30.0 Å². The summed E-state index contributed by atoms with van der Waals surface area (Å²) in [7, 11) is 0. The van der Waals surface area contributed by atoms with E-state index in [-0.39, 0.29) is 18.0 Å². The number of aryl methyl sites for hydroxylation is 1. The lowest BCUT2D eigenvalue weighted by Gasteiger charge is -2.40. The van der Waals surface area contributed by atoms with Crippen molar-refractivity contribution >= 4 is 45.2 Å². The van der Waals surface area contributed by atoms with Crippen LogP contribution in [0, 0.1) is 6.92 Å². The highest BCUT2D eigenvalue weighted by Gasteiger charge is 2.30. The van der Waals surface area contributed by atoms with Crippen LogP contribution in [0.2, 0.25) is 0 Å². The van der Waals surface area contributed by atoms with E-state index < -0.39 is 0 Å². The molecule has 1 unspecified atom stereocenters. The fourth-order valence-corrected chi connectivity index (χ4v) is 5.26. The number of aromatic nitrogens is 3. The Bertz CT molecular complexity index is 1220. The Labute approximate surface area is 214 Å². The zero-order valence-electron chi connectivity index (χ0n) is 20.6. The molecule has 2 aliphatic heterocycles. The molecule has 192 valence electrons. The van der Waals surface area contributed by atoms with Crippen LogP contribution in [0.3, 0.4) is 0 Å². The lowest BCUT2D eigenvalue weighted by atomic mass is 10.1. The number of nitrogen functional groups attached to an aromatic ring is 1. The third-order valence-corrected chi connectivity index (χ3v) is 7.32. The number of nitrogens with one attached hydrogen (secondary N) is 1. The summed E-state index contributed by atoms with van der Waals surface area (Å²) in [5.41, 5.74) is 10.2. The molecule has 0 saturated carbocycles. The number of amides is 2. The number of nitrogens with zero attached hydrogens (tertiary/aromatic N) is 6. The molecule has 2 aliphatic rings. The van der Waals surface area contributed by atoms with Gasteiger partial charge in [-0.2, -0.15) is 4.98 Å². The van der Waals surface area contributed by atoms with E-state index in [1.54, 1.807) is 5.51 Å². The second-order valence-corrected chi connectivity index (χ2v) is 9.94. The number of hydrogen-bond donors (Lipinski definition) is 2. The number of piperazine rings is 1. The van der Waals surface area contributed by atoms with Gasteiger partial charge in [-0.25, -0.2) is 14.8 Å². The van der Waals surface area contributed by atoms with E-state index in [1.165, 1.54) is 11.3 Å². The smallest absolute Gasteiger partial charge is 0.321 e. The van der Waals surface area contributed by atoms with Crippen molar-refractivity contribution < 1.29 is 14.3 Å². The summed E-state index contributed by atoms with van der Waals surface area (Å²) in [4.78, 5) is 33.3. The molecule has 1 aromatic carbocycles. The zero-order chi connectivity index (χ0) is 25.1. The van der Waals surface area contributed by atoms with Crippen molar-refractivity contribution in [1.29, 1.82) is 0 Å². The summed E-state index contributed by atoms with van der Waals surface area (Å²) >= 11 is 1.44. The van der Waals surface area contributed by atoms with Crippen LogP contribution < -0.4 is 20.7 Å². The predicted octanol–water partition coefficient (Wildman–Crippen LogP) is 2.43. The van der Waals surface area contributed by atoms with Crippen LogP contribution in [0.25, 0.3) is 10.3 Å². The number of urea groups is 1. The Morgan fingerprint density at radius 1 is 1.25 bits per heavy atom. The summed E-state index contributed by atoms with van der Waals surface area (Å²) < 4.78 is 11.3. The zero-order valence-corrected chi connectivity index (χ0v) is 21.5. The van der Waals surface area contributed by atoms with E-state index in [0.717, 1.165) is 66.0 Å². The maximum atomic E-state index is 13.1. The van der Waals surface area contributed by atoms with Crippen molar-refractivity contribution in [3.8, 4) is 5.75 Å². The highest BCUT2D eigenvalue weighted by molar-refractivity contribution is 7.16. The normalized spacial score (nSPS) is 19.0. The molecule has 4 heterocycles. The third kappa shape index (κ3) is 5.45. The molecule has 2 fully saturated rings. The second kappa shape index (κ2) is 10.8. The highest BCUT2D eigenvalue weighted by Crippen LogP contribution is 2.29. The Balaban J connectivity index is 1.16. The fourth-order valence-electron chi connectivity index (χ4n) is 4.60. The van der Waals surface area contributed by atoms with Gasteiger partial charge >= 0.3 is 6.03 Å². The monoisotopic (exact) mass is 512 g/mol. The summed E-state index contributed by atoms with van der Waals surface area (Å²) in [5, 5.41) is 3.06. The first-order valence-corrected chi connectivity index (χ1v) is 13.1. The molecule has 11 nitrogen and oxygen atoms in total. The van der Waals surface area contributed by atoms with E-state index >= 15 is 0 Å². The Hall–Kier alpha value is -3.22. The van der Waals surface area contributed by atoms with Crippen LogP contribution in [0.5, 0.6) is 5.75 Å². The van der Waals surface area contributed by atoms with Gasteiger partial charge in [0.25, 0.3) is 0 Å². The van der Waals surface area contributed by atoms with E-state index in [2.05, 4.69) is 37.0 Å². The molecule has 0 radical (unpaired) electrons. The largest absolute Gasteiger partial charge is 0.492 e. The maximum absolute atomic E-state index is 13.1. The van der Waals surface area contributed by atoms with Gasteiger partial charge in [0.2, 0.25) is 5.95 Å². The van der Waals surface area contributed by atoms with Crippen molar-refractivity contribution in [2.45, 2.75) is 19.9 Å². The van der Waals surface area contributed by atoms with Crippen molar-refractivity contribution in [2.24, 2.45) is 0 Å². The summed E-state index contributed by atoms with van der Waals surface area (Å²) in [6, 6.07) is 5.70. The van der Waals surface area contributed by atoms with Crippen molar-refractivity contribution in [3.05, 3.63) is 29.3 Å². The minimum Gasteiger partial charge on any atom is -0.492 e. The Kier molecular flexibility index (Phi) is 7.35. The van der Waals surface area contributed by atoms with Crippen LogP contribution in [-0.4, -0.2) is 95.9 Å². The highest BCUT2D eigenvalue weighted by atomic mass is 32.1. The molecule has 1 atom stereocenters. The number of thiazole rings is 1. The number of carbonyl (C=O) groups excluding carboxylic acids is 1. The molecule has 0 aliphatic carbocycles. The van der Waals surface area contributed by atoms with Crippen LogP contribution in [-0.2, 0) is 4.74 Å². The number of rotatable bonds is 6. The van der Waals surface area contributed by atoms with E-state index in [4.69, 9.17) is 15.2 Å². The van der Waals surface area contributed by atoms with Crippen LogP contribution in [0.15, 0.2) is 23.7 Å². The third-order valence-electron chi connectivity index (χ3n) is 6.60. The van der Waals surface area contributed by atoms with Gasteiger partial charge in [-0.05, 0) is 37.6 Å². The average molecular weight is 513 g/mol.